The average Bonchev–Trinajstić information content (AvgIpc) is 3.50. The molecule has 0 N–H and O–H groups in total. The average molecular weight is 461 g/mol. The van der Waals surface area contributed by atoms with E-state index < -0.39 is 10.0 Å². The molecule has 2 aromatic heterocycles. The van der Waals surface area contributed by atoms with E-state index in [0.717, 1.165) is 11.3 Å². The van der Waals surface area contributed by atoms with E-state index in [1.807, 2.05) is 36.6 Å². The Labute approximate surface area is 187 Å². The van der Waals surface area contributed by atoms with Crippen molar-refractivity contribution in [2.24, 2.45) is 0 Å². The van der Waals surface area contributed by atoms with Crippen LogP contribution in [-0.4, -0.2) is 54.0 Å². The molecule has 4 rings (SSSR count). The van der Waals surface area contributed by atoms with Crippen LogP contribution in [0.1, 0.15) is 50.6 Å². The predicted octanol–water partition coefficient (Wildman–Crippen LogP) is 4.38. The predicted molar refractivity (Wildman–Crippen MR) is 122 cm³/mol. The van der Waals surface area contributed by atoms with Gasteiger partial charge in [-0.3, -0.25) is 4.90 Å². The van der Waals surface area contributed by atoms with E-state index in [-0.39, 0.29) is 6.04 Å². The molecule has 31 heavy (non-hydrogen) atoms. The molecular weight excluding hydrogens is 432 g/mol. The minimum absolute atomic E-state index is 0.0686. The third-order valence-corrected chi connectivity index (χ3v) is 8.82. The summed E-state index contributed by atoms with van der Waals surface area (Å²) in [4.78, 5) is 3.49. The van der Waals surface area contributed by atoms with E-state index in [1.54, 1.807) is 27.8 Å². The minimum atomic E-state index is -3.49. The molecule has 0 radical (unpaired) electrons. The van der Waals surface area contributed by atoms with Gasteiger partial charge in [0.05, 0.1) is 15.8 Å². The Morgan fingerprint density at radius 2 is 1.77 bits per heavy atom. The lowest BCUT2D eigenvalue weighted by atomic mass is 9.99. The zero-order valence-corrected chi connectivity index (χ0v) is 19.7. The highest BCUT2D eigenvalue weighted by Crippen LogP contribution is 2.28. The lowest BCUT2D eigenvalue weighted by Crippen LogP contribution is -2.49. The minimum Gasteiger partial charge on any atom is -0.418 e. The van der Waals surface area contributed by atoms with Gasteiger partial charge in [0, 0.05) is 26.2 Å². The van der Waals surface area contributed by atoms with Gasteiger partial charge in [-0.15, -0.1) is 21.5 Å². The molecular formula is C22H28N4O3S2. The summed E-state index contributed by atoms with van der Waals surface area (Å²) in [7, 11) is -3.49. The SMILES string of the molecule is CCC(C)c1ccc(S(=O)(=O)N2CCN(C(C)c3nnc(-c4cccs4)o3)CC2)cc1. The quantitative estimate of drug-likeness (QED) is 0.521. The molecule has 1 aliphatic heterocycles. The first kappa shape index (κ1) is 22.1. The number of piperazine rings is 1. The Hall–Kier alpha value is -2.07. The number of aromatic nitrogens is 2. The third-order valence-electron chi connectivity index (χ3n) is 6.05. The molecule has 1 saturated heterocycles. The number of benzene rings is 1. The summed E-state index contributed by atoms with van der Waals surface area (Å²) < 4.78 is 33.6. The van der Waals surface area contributed by atoms with Crippen LogP contribution in [0.15, 0.2) is 51.1 Å². The lowest BCUT2D eigenvalue weighted by Gasteiger charge is -2.36. The monoisotopic (exact) mass is 460 g/mol. The fourth-order valence-corrected chi connectivity index (χ4v) is 5.81. The topological polar surface area (TPSA) is 79.5 Å². The smallest absolute Gasteiger partial charge is 0.257 e. The van der Waals surface area contributed by atoms with Crippen LogP contribution in [0.2, 0.25) is 0 Å². The van der Waals surface area contributed by atoms with Crippen molar-refractivity contribution >= 4 is 21.4 Å². The summed E-state index contributed by atoms with van der Waals surface area (Å²) in [5.41, 5.74) is 1.17. The second-order valence-corrected chi connectivity index (χ2v) is 10.8. The van der Waals surface area contributed by atoms with Crippen molar-refractivity contribution in [1.82, 2.24) is 19.4 Å². The van der Waals surface area contributed by atoms with Crippen molar-refractivity contribution in [2.75, 3.05) is 26.2 Å². The van der Waals surface area contributed by atoms with Crippen LogP contribution in [0.3, 0.4) is 0 Å². The first-order chi connectivity index (χ1) is 14.9. The number of rotatable bonds is 7. The molecule has 1 fully saturated rings. The molecule has 3 aromatic rings. The van der Waals surface area contributed by atoms with Gasteiger partial charge in [-0.05, 0) is 48.4 Å². The molecule has 0 amide bonds. The van der Waals surface area contributed by atoms with Gasteiger partial charge in [0.25, 0.3) is 5.89 Å². The number of thiophene rings is 1. The van der Waals surface area contributed by atoms with Crippen LogP contribution >= 0.6 is 11.3 Å². The van der Waals surface area contributed by atoms with E-state index in [2.05, 4.69) is 28.9 Å². The highest BCUT2D eigenvalue weighted by atomic mass is 32.2. The Bertz CT molecular complexity index is 1090. The van der Waals surface area contributed by atoms with Gasteiger partial charge in [0.1, 0.15) is 0 Å². The molecule has 0 aliphatic carbocycles. The van der Waals surface area contributed by atoms with Gasteiger partial charge in [0.2, 0.25) is 15.9 Å². The summed E-state index contributed by atoms with van der Waals surface area (Å²) in [6.07, 6.45) is 1.03. The second kappa shape index (κ2) is 9.20. The number of nitrogens with zero attached hydrogens (tertiary/aromatic N) is 4. The third kappa shape index (κ3) is 4.59. The summed E-state index contributed by atoms with van der Waals surface area (Å²) in [5, 5.41) is 10.3. The molecule has 9 heteroatoms. The van der Waals surface area contributed by atoms with Crippen molar-refractivity contribution in [2.45, 2.75) is 44.0 Å². The van der Waals surface area contributed by atoms with Crippen molar-refractivity contribution < 1.29 is 12.8 Å². The summed E-state index contributed by atoms with van der Waals surface area (Å²) in [6, 6.07) is 11.2. The molecule has 3 heterocycles. The maximum atomic E-state index is 13.1. The molecule has 2 unspecified atom stereocenters. The highest BCUT2D eigenvalue weighted by molar-refractivity contribution is 7.89. The Morgan fingerprint density at radius 3 is 2.39 bits per heavy atom. The molecule has 2 atom stereocenters. The first-order valence-electron chi connectivity index (χ1n) is 10.6. The molecule has 166 valence electrons. The zero-order valence-electron chi connectivity index (χ0n) is 18.1. The van der Waals surface area contributed by atoms with Gasteiger partial charge in [-0.1, -0.05) is 32.0 Å². The maximum Gasteiger partial charge on any atom is 0.257 e. The van der Waals surface area contributed by atoms with Crippen molar-refractivity contribution in [3.8, 4) is 10.8 Å². The Kier molecular flexibility index (Phi) is 6.57. The van der Waals surface area contributed by atoms with Crippen LogP contribution in [0.25, 0.3) is 10.8 Å². The summed E-state index contributed by atoms with van der Waals surface area (Å²) >= 11 is 1.56. The molecule has 7 nitrogen and oxygen atoms in total. The molecule has 1 aromatic carbocycles. The van der Waals surface area contributed by atoms with E-state index in [0.29, 0.717) is 48.8 Å². The molecule has 0 spiro atoms. The van der Waals surface area contributed by atoms with Gasteiger partial charge in [0.15, 0.2) is 0 Å². The summed E-state index contributed by atoms with van der Waals surface area (Å²) in [6.45, 7) is 8.40. The van der Waals surface area contributed by atoms with Gasteiger partial charge in [-0.2, -0.15) is 4.31 Å². The standard InChI is InChI=1S/C22H28N4O3S2/c1-4-16(2)18-7-9-19(10-8-18)31(27,28)26-13-11-25(12-14-26)17(3)21-23-24-22(29-21)20-6-5-15-30-20/h5-10,15-17H,4,11-14H2,1-3H3. The fourth-order valence-electron chi connectivity index (χ4n) is 3.74. The van der Waals surface area contributed by atoms with E-state index >= 15 is 0 Å². The van der Waals surface area contributed by atoms with E-state index in [9.17, 15) is 8.42 Å². The number of sulfonamides is 1. The van der Waals surface area contributed by atoms with E-state index in [4.69, 9.17) is 4.42 Å². The highest BCUT2D eigenvalue weighted by Gasteiger charge is 2.32. The normalized spacial score (nSPS) is 18.2. The van der Waals surface area contributed by atoms with Crippen LogP contribution < -0.4 is 0 Å². The lowest BCUT2D eigenvalue weighted by molar-refractivity contribution is 0.129. The molecule has 0 bridgehead atoms. The largest absolute Gasteiger partial charge is 0.418 e. The maximum absolute atomic E-state index is 13.1. The van der Waals surface area contributed by atoms with Crippen molar-refractivity contribution in [3.63, 3.8) is 0 Å². The van der Waals surface area contributed by atoms with Gasteiger partial charge < -0.3 is 4.42 Å². The van der Waals surface area contributed by atoms with Crippen LogP contribution in [0.4, 0.5) is 0 Å². The Balaban J connectivity index is 1.39. The van der Waals surface area contributed by atoms with Gasteiger partial charge in [-0.25, -0.2) is 8.42 Å². The first-order valence-corrected chi connectivity index (χ1v) is 12.9. The summed E-state index contributed by atoms with van der Waals surface area (Å²) in [5.74, 6) is 1.51. The van der Waals surface area contributed by atoms with Crippen LogP contribution in [-0.2, 0) is 10.0 Å². The van der Waals surface area contributed by atoms with Crippen LogP contribution in [0, 0.1) is 0 Å². The fraction of sp³-hybridized carbons (Fsp3) is 0.455. The van der Waals surface area contributed by atoms with Crippen molar-refractivity contribution in [3.05, 3.63) is 53.2 Å². The molecule has 1 aliphatic rings. The van der Waals surface area contributed by atoms with E-state index in [1.165, 1.54) is 5.56 Å². The number of hydrogen-bond acceptors (Lipinski definition) is 7. The second-order valence-electron chi connectivity index (χ2n) is 7.92. The zero-order chi connectivity index (χ0) is 22.0. The molecule has 0 saturated carbocycles. The van der Waals surface area contributed by atoms with Gasteiger partial charge >= 0.3 is 0 Å². The Morgan fingerprint density at radius 1 is 1.06 bits per heavy atom. The number of hydrogen-bond donors (Lipinski definition) is 0. The van der Waals surface area contributed by atoms with Crippen LogP contribution in [0.5, 0.6) is 0 Å². The van der Waals surface area contributed by atoms with Crippen molar-refractivity contribution in [1.29, 1.82) is 0 Å².